The van der Waals surface area contributed by atoms with Gasteiger partial charge in [-0.1, -0.05) is 24.3 Å². The lowest BCUT2D eigenvalue weighted by Crippen LogP contribution is -2.49. The topological polar surface area (TPSA) is 132 Å². The maximum absolute atomic E-state index is 14.0. The Labute approximate surface area is 177 Å². The van der Waals surface area contributed by atoms with Crippen LogP contribution in [0.4, 0.5) is 5.69 Å². The number of anilines is 1. The Morgan fingerprint density at radius 1 is 1.35 bits per heavy atom. The molecule has 1 atom stereocenters. The number of aliphatic hydroxyl groups is 1. The standard InChI is InChI=1S/C22H20N2O7/c1-3-9-24-14-8-6-5-7-13(14)22(21(24)28)16(20(27)29-4-2)19(23)31-17-15(26)10-12(11-25)30-18(17)22/h3,5-8,10,25H,1,4,9,11,23H2,2H3/t22-/m0/s1. The van der Waals surface area contributed by atoms with Gasteiger partial charge in [-0.05, 0) is 13.0 Å². The highest BCUT2D eigenvalue weighted by molar-refractivity contribution is 6.18. The van der Waals surface area contributed by atoms with Crippen molar-refractivity contribution < 1.29 is 28.6 Å². The fourth-order valence-corrected chi connectivity index (χ4v) is 4.09. The first-order valence-electron chi connectivity index (χ1n) is 9.57. The van der Waals surface area contributed by atoms with Gasteiger partial charge < -0.3 is 29.6 Å². The molecule has 0 bridgehead atoms. The summed E-state index contributed by atoms with van der Waals surface area (Å²) in [5.74, 6) is -2.55. The number of rotatable bonds is 5. The van der Waals surface area contributed by atoms with Crippen LogP contribution in [0.1, 0.15) is 24.0 Å². The summed E-state index contributed by atoms with van der Waals surface area (Å²) < 4.78 is 16.4. The fraction of sp³-hybridized carbons (Fsp3) is 0.227. The van der Waals surface area contributed by atoms with Gasteiger partial charge in [0.05, 0.1) is 6.61 Å². The summed E-state index contributed by atoms with van der Waals surface area (Å²) in [5.41, 5.74) is 4.10. The molecule has 0 unspecified atom stereocenters. The molecule has 0 saturated carbocycles. The van der Waals surface area contributed by atoms with Gasteiger partial charge in [0.1, 0.15) is 17.9 Å². The number of carbonyl (C=O) groups excluding carboxylic acids is 2. The number of nitrogens with zero attached hydrogens (tertiary/aromatic N) is 1. The van der Waals surface area contributed by atoms with Crippen LogP contribution in [-0.2, 0) is 26.3 Å². The Morgan fingerprint density at radius 3 is 2.77 bits per heavy atom. The largest absolute Gasteiger partial charge is 0.462 e. The van der Waals surface area contributed by atoms with Crippen molar-refractivity contribution >= 4 is 17.6 Å². The summed E-state index contributed by atoms with van der Waals surface area (Å²) in [5, 5.41) is 9.59. The normalized spacial score (nSPS) is 19.2. The molecular weight excluding hydrogens is 404 g/mol. The highest BCUT2D eigenvalue weighted by atomic mass is 16.5. The Morgan fingerprint density at radius 2 is 2.10 bits per heavy atom. The molecule has 160 valence electrons. The van der Waals surface area contributed by atoms with Crippen LogP contribution in [0.3, 0.4) is 0 Å². The van der Waals surface area contributed by atoms with Crippen molar-refractivity contribution in [2.24, 2.45) is 5.73 Å². The van der Waals surface area contributed by atoms with Gasteiger partial charge in [-0.2, -0.15) is 0 Å². The minimum atomic E-state index is -1.92. The third-order valence-corrected chi connectivity index (χ3v) is 5.24. The lowest BCUT2D eigenvalue weighted by Gasteiger charge is -2.34. The van der Waals surface area contributed by atoms with Crippen molar-refractivity contribution in [3.05, 3.63) is 81.8 Å². The van der Waals surface area contributed by atoms with Crippen LogP contribution in [0.25, 0.3) is 0 Å². The van der Waals surface area contributed by atoms with Crippen LogP contribution in [0.5, 0.6) is 5.75 Å². The summed E-state index contributed by atoms with van der Waals surface area (Å²) in [6.07, 6.45) is 1.53. The molecule has 4 rings (SSSR count). The Kier molecular flexibility index (Phi) is 4.90. The van der Waals surface area contributed by atoms with E-state index in [4.69, 9.17) is 19.6 Å². The SMILES string of the molecule is C=CCN1C(=O)[C@]2(C(C(=O)OCC)=C(N)Oc3c2oc(CO)cc3=O)c2ccccc21. The van der Waals surface area contributed by atoms with Crippen LogP contribution in [0, 0.1) is 0 Å². The maximum atomic E-state index is 14.0. The van der Waals surface area contributed by atoms with Crippen LogP contribution in [0.2, 0.25) is 0 Å². The van der Waals surface area contributed by atoms with Crippen molar-refractivity contribution in [1.29, 1.82) is 0 Å². The minimum Gasteiger partial charge on any atom is -0.462 e. The van der Waals surface area contributed by atoms with Crippen LogP contribution in [0.15, 0.2) is 63.7 Å². The highest BCUT2D eigenvalue weighted by Gasteiger charge is 2.63. The number of benzene rings is 1. The molecule has 9 heteroatoms. The van der Waals surface area contributed by atoms with Crippen molar-refractivity contribution in [2.75, 3.05) is 18.1 Å². The first kappa shape index (κ1) is 20.4. The number of fused-ring (bicyclic) bond motifs is 4. The van der Waals surface area contributed by atoms with Gasteiger partial charge in [-0.25, -0.2) is 4.79 Å². The molecule has 3 heterocycles. The third-order valence-electron chi connectivity index (χ3n) is 5.24. The summed E-state index contributed by atoms with van der Waals surface area (Å²) in [6.45, 7) is 4.86. The van der Waals surface area contributed by atoms with Crippen LogP contribution < -0.4 is 20.8 Å². The number of para-hydroxylation sites is 1. The summed E-state index contributed by atoms with van der Waals surface area (Å²) in [4.78, 5) is 41.1. The van der Waals surface area contributed by atoms with Gasteiger partial charge in [-0.15, -0.1) is 6.58 Å². The average molecular weight is 424 g/mol. The molecule has 2 aliphatic heterocycles. The second-order valence-corrected chi connectivity index (χ2v) is 6.93. The number of carbonyl (C=O) groups is 2. The van der Waals surface area contributed by atoms with E-state index in [0.29, 0.717) is 11.3 Å². The zero-order valence-corrected chi connectivity index (χ0v) is 16.7. The maximum Gasteiger partial charge on any atom is 0.341 e. The van der Waals surface area contributed by atoms with Gasteiger partial charge in [-0.3, -0.25) is 9.59 Å². The smallest absolute Gasteiger partial charge is 0.341 e. The summed E-state index contributed by atoms with van der Waals surface area (Å²) >= 11 is 0. The molecular formula is C22H20N2O7. The Bertz CT molecular complexity index is 1200. The summed E-state index contributed by atoms with van der Waals surface area (Å²) in [7, 11) is 0. The zero-order valence-electron chi connectivity index (χ0n) is 16.7. The van der Waals surface area contributed by atoms with Crippen molar-refractivity contribution in [1.82, 2.24) is 0 Å². The number of hydrogen-bond acceptors (Lipinski definition) is 8. The number of esters is 1. The Hall–Kier alpha value is -3.85. The van der Waals surface area contributed by atoms with Crippen molar-refractivity contribution in [3.63, 3.8) is 0 Å². The number of hydrogen-bond donors (Lipinski definition) is 2. The molecule has 1 aromatic carbocycles. The zero-order chi connectivity index (χ0) is 22.3. The Balaban J connectivity index is 2.16. The highest BCUT2D eigenvalue weighted by Crippen LogP contribution is 2.55. The molecule has 2 aromatic rings. The second kappa shape index (κ2) is 7.44. The van der Waals surface area contributed by atoms with E-state index in [2.05, 4.69) is 6.58 Å². The van der Waals surface area contributed by atoms with Crippen LogP contribution >= 0.6 is 0 Å². The molecule has 0 fully saturated rings. The first-order valence-corrected chi connectivity index (χ1v) is 9.57. The third kappa shape index (κ3) is 2.70. The number of ether oxygens (including phenoxy) is 2. The van der Waals surface area contributed by atoms with E-state index in [0.717, 1.165) is 6.07 Å². The lowest BCUT2D eigenvalue weighted by atomic mass is 9.71. The number of nitrogens with two attached hydrogens (primary N) is 1. The van der Waals surface area contributed by atoms with E-state index in [-0.39, 0.29) is 36.0 Å². The monoisotopic (exact) mass is 424 g/mol. The molecule has 1 spiro atoms. The summed E-state index contributed by atoms with van der Waals surface area (Å²) in [6, 6.07) is 7.81. The molecule has 0 aliphatic carbocycles. The molecule has 3 N–H and O–H groups in total. The van der Waals surface area contributed by atoms with E-state index in [1.165, 1.54) is 11.0 Å². The van der Waals surface area contributed by atoms with Gasteiger partial charge in [0.25, 0.3) is 5.91 Å². The lowest BCUT2D eigenvalue weighted by molar-refractivity contribution is -0.141. The van der Waals surface area contributed by atoms with Gasteiger partial charge >= 0.3 is 5.97 Å². The van der Waals surface area contributed by atoms with E-state index in [1.54, 1.807) is 31.2 Å². The van der Waals surface area contributed by atoms with Crippen molar-refractivity contribution in [3.8, 4) is 5.75 Å². The quantitative estimate of drug-likeness (QED) is 0.538. The fourth-order valence-electron chi connectivity index (χ4n) is 4.09. The van der Waals surface area contributed by atoms with Gasteiger partial charge in [0, 0.05) is 23.9 Å². The van der Waals surface area contributed by atoms with Crippen LogP contribution in [-0.4, -0.2) is 30.1 Å². The number of amides is 1. The van der Waals surface area contributed by atoms with Crippen molar-refractivity contribution in [2.45, 2.75) is 18.9 Å². The van der Waals surface area contributed by atoms with Gasteiger partial charge in [0.2, 0.25) is 17.1 Å². The average Bonchev–Trinajstić information content (AvgIpc) is 2.99. The van der Waals surface area contributed by atoms with E-state index < -0.39 is 35.2 Å². The van der Waals surface area contributed by atoms with Gasteiger partial charge in [0.15, 0.2) is 11.2 Å². The molecule has 1 amide bonds. The van der Waals surface area contributed by atoms with E-state index in [1.807, 2.05) is 0 Å². The molecule has 9 nitrogen and oxygen atoms in total. The molecule has 2 aliphatic rings. The molecule has 31 heavy (non-hydrogen) atoms. The number of aliphatic hydroxyl groups excluding tert-OH is 1. The van der Waals surface area contributed by atoms with E-state index >= 15 is 0 Å². The second-order valence-electron chi connectivity index (χ2n) is 6.93. The predicted octanol–water partition coefficient (Wildman–Crippen LogP) is 1.08. The molecule has 1 aromatic heterocycles. The minimum absolute atomic E-state index is 0.0192. The first-order chi connectivity index (χ1) is 14.9. The molecule has 0 radical (unpaired) electrons. The predicted molar refractivity (Wildman–Crippen MR) is 109 cm³/mol. The molecule has 0 saturated heterocycles. The van der Waals surface area contributed by atoms with E-state index in [9.17, 15) is 19.5 Å².